The van der Waals surface area contributed by atoms with Crippen molar-refractivity contribution in [2.75, 3.05) is 0 Å². The standard InChI is InChI=1S/C5H3FN4/c6-5-7-2-1-4-8-3-9-10(4)5/h1-3H. The van der Waals surface area contributed by atoms with E-state index in [1.54, 1.807) is 6.07 Å². The largest absolute Gasteiger partial charge is 0.311 e. The molecule has 0 N–H and O–H groups in total. The lowest BCUT2D eigenvalue weighted by Gasteiger charge is -1.88. The van der Waals surface area contributed by atoms with Crippen LogP contribution < -0.4 is 0 Å². The Bertz CT molecular complexity index is 355. The summed E-state index contributed by atoms with van der Waals surface area (Å²) in [6.07, 6.45) is 1.98. The Morgan fingerprint density at radius 1 is 1.40 bits per heavy atom. The van der Waals surface area contributed by atoms with Gasteiger partial charge >= 0.3 is 6.08 Å². The lowest BCUT2D eigenvalue weighted by molar-refractivity contribution is 0.502. The zero-order valence-corrected chi connectivity index (χ0v) is 4.90. The van der Waals surface area contributed by atoms with Gasteiger partial charge in [0.1, 0.15) is 6.33 Å². The summed E-state index contributed by atoms with van der Waals surface area (Å²) in [5, 5.41) is 3.59. The molecule has 5 heteroatoms. The third-order valence-electron chi connectivity index (χ3n) is 1.15. The smallest absolute Gasteiger partial charge is 0.215 e. The molecule has 0 amide bonds. The average Bonchev–Trinajstić information content (AvgIpc) is 2.36. The molecule has 0 aliphatic rings. The maximum Gasteiger partial charge on any atom is 0.311 e. The van der Waals surface area contributed by atoms with Gasteiger partial charge in [-0.05, 0) is 0 Å². The highest BCUT2D eigenvalue weighted by Crippen LogP contribution is 1.96. The number of hydrogen-bond donors (Lipinski definition) is 0. The summed E-state index contributed by atoms with van der Waals surface area (Å²) in [7, 11) is 0. The van der Waals surface area contributed by atoms with Crippen molar-refractivity contribution in [2.24, 2.45) is 0 Å². The molecule has 0 spiro atoms. The summed E-state index contributed by atoms with van der Waals surface area (Å²) < 4.78 is 13.6. The Labute approximate surface area is 55.3 Å². The third-order valence-corrected chi connectivity index (χ3v) is 1.15. The van der Waals surface area contributed by atoms with Gasteiger partial charge in [-0.15, -0.1) is 0 Å². The first kappa shape index (κ1) is 5.28. The van der Waals surface area contributed by atoms with Gasteiger partial charge in [0.25, 0.3) is 0 Å². The van der Waals surface area contributed by atoms with Crippen molar-refractivity contribution in [1.82, 2.24) is 19.6 Å². The molecule has 2 aromatic heterocycles. The van der Waals surface area contributed by atoms with Crippen LogP contribution in [0.1, 0.15) is 0 Å². The lowest BCUT2D eigenvalue weighted by Crippen LogP contribution is -1.96. The third kappa shape index (κ3) is 0.570. The van der Waals surface area contributed by atoms with Crippen molar-refractivity contribution < 1.29 is 4.39 Å². The molecule has 2 heterocycles. The summed E-state index contributed by atoms with van der Waals surface area (Å²) in [4.78, 5) is 7.12. The van der Waals surface area contributed by atoms with Gasteiger partial charge < -0.3 is 0 Å². The Morgan fingerprint density at radius 3 is 3.10 bits per heavy atom. The zero-order valence-electron chi connectivity index (χ0n) is 4.90. The van der Waals surface area contributed by atoms with E-state index in [1.807, 2.05) is 0 Å². The summed E-state index contributed by atoms with van der Waals surface area (Å²) in [6, 6.07) is 1.58. The van der Waals surface area contributed by atoms with E-state index in [9.17, 15) is 4.39 Å². The van der Waals surface area contributed by atoms with Crippen molar-refractivity contribution >= 4 is 5.65 Å². The van der Waals surface area contributed by atoms with Crippen LogP contribution in [-0.4, -0.2) is 19.6 Å². The minimum atomic E-state index is -0.644. The van der Waals surface area contributed by atoms with Gasteiger partial charge in [-0.1, -0.05) is 0 Å². The van der Waals surface area contributed by atoms with Crippen molar-refractivity contribution in [2.45, 2.75) is 0 Å². The Balaban J connectivity index is 2.95. The highest BCUT2D eigenvalue weighted by atomic mass is 19.1. The monoisotopic (exact) mass is 138 g/mol. The van der Waals surface area contributed by atoms with Crippen LogP contribution >= 0.6 is 0 Å². The Kier molecular flexibility index (Phi) is 0.913. The molecular weight excluding hydrogens is 135 g/mol. The molecule has 2 rings (SSSR count). The molecule has 10 heavy (non-hydrogen) atoms. The van der Waals surface area contributed by atoms with Crippen molar-refractivity contribution in [3.8, 4) is 0 Å². The van der Waals surface area contributed by atoms with E-state index in [0.29, 0.717) is 5.65 Å². The van der Waals surface area contributed by atoms with E-state index in [0.717, 1.165) is 4.52 Å². The zero-order chi connectivity index (χ0) is 6.97. The quantitative estimate of drug-likeness (QED) is 0.490. The van der Waals surface area contributed by atoms with E-state index < -0.39 is 6.08 Å². The molecule has 0 aliphatic heterocycles. The molecule has 0 aromatic carbocycles. The predicted molar refractivity (Wildman–Crippen MR) is 30.7 cm³/mol. The summed E-state index contributed by atoms with van der Waals surface area (Å²) in [6.45, 7) is 0. The molecule has 0 radical (unpaired) electrons. The molecule has 0 saturated carbocycles. The van der Waals surface area contributed by atoms with Crippen LogP contribution in [0.3, 0.4) is 0 Å². The Hall–Kier alpha value is -1.52. The Morgan fingerprint density at radius 2 is 2.30 bits per heavy atom. The van der Waals surface area contributed by atoms with E-state index in [1.165, 1.54) is 12.5 Å². The van der Waals surface area contributed by atoms with Crippen LogP contribution in [0.2, 0.25) is 0 Å². The van der Waals surface area contributed by atoms with Crippen LogP contribution in [0.15, 0.2) is 18.6 Å². The minimum absolute atomic E-state index is 0.465. The van der Waals surface area contributed by atoms with E-state index in [4.69, 9.17) is 0 Å². The molecule has 0 bridgehead atoms. The maximum atomic E-state index is 12.6. The van der Waals surface area contributed by atoms with Crippen LogP contribution in [0.4, 0.5) is 4.39 Å². The normalized spacial score (nSPS) is 10.5. The van der Waals surface area contributed by atoms with Gasteiger partial charge in [0, 0.05) is 12.3 Å². The number of fused-ring (bicyclic) bond motifs is 1. The number of aromatic nitrogens is 4. The van der Waals surface area contributed by atoms with Crippen LogP contribution in [0.25, 0.3) is 5.65 Å². The molecule has 0 fully saturated rings. The second-order valence-electron chi connectivity index (χ2n) is 1.74. The van der Waals surface area contributed by atoms with Crippen molar-refractivity contribution in [3.63, 3.8) is 0 Å². The fraction of sp³-hybridized carbons (Fsp3) is 0. The van der Waals surface area contributed by atoms with Gasteiger partial charge in [0.05, 0.1) is 0 Å². The summed E-state index contributed by atoms with van der Waals surface area (Å²) in [5.41, 5.74) is 0.465. The maximum absolute atomic E-state index is 12.6. The number of rotatable bonds is 0. The van der Waals surface area contributed by atoms with Crippen LogP contribution in [0, 0.1) is 6.08 Å². The molecule has 0 unspecified atom stereocenters. The van der Waals surface area contributed by atoms with Crippen molar-refractivity contribution in [1.29, 1.82) is 0 Å². The second kappa shape index (κ2) is 1.73. The highest BCUT2D eigenvalue weighted by Gasteiger charge is 1.98. The predicted octanol–water partition coefficient (Wildman–Crippen LogP) is 0.263. The van der Waals surface area contributed by atoms with Gasteiger partial charge in [-0.2, -0.15) is 14.0 Å². The van der Waals surface area contributed by atoms with E-state index >= 15 is 0 Å². The fourth-order valence-corrected chi connectivity index (χ4v) is 0.726. The van der Waals surface area contributed by atoms with E-state index in [2.05, 4.69) is 15.1 Å². The first-order chi connectivity index (χ1) is 4.88. The van der Waals surface area contributed by atoms with Crippen LogP contribution in [0.5, 0.6) is 0 Å². The molecule has 0 aliphatic carbocycles. The summed E-state index contributed by atoms with van der Waals surface area (Å²) in [5.74, 6) is 0. The SMILES string of the molecule is Fc1nccc2ncnn12. The minimum Gasteiger partial charge on any atom is -0.215 e. The van der Waals surface area contributed by atoms with Gasteiger partial charge in [-0.25, -0.2) is 9.97 Å². The number of halogens is 1. The highest BCUT2D eigenvalue weighted by molar-refractivity contribution is 5.32. The molecular formula is C5H3FN4. The first-order valence-electron chi connectivity index (χ1n) is 2.68. The van der Waals surface area contributed by atoms with Gasteiger partial charge in [0.2, 0.25) is 0 Å². The molecule has 0 saturated heterocycles. The lowest BCUT2D eigenvalue weighted by atomic mass is 10.6. The second-order valence-corrected chi connectivity index (χ2v) is 1.74. The van der Waals surface area contributed by atoms with Gasteiger partial charge in [0.15, 0.2) is 5.65 Å². The molecule has 4 nitrogen and oxygen atoms in total. The number of hydrogen-bond acceptors (Lipinski definition) is 3. The topological polar surface area (TPSA) is 43.1 Å². The molecule has 0 atom stereocenters. The fourth-order valence-electron chi connectivity index (χ4n) is 0.726. The number of nitrogens with zero attached hydrogens (tertiary/aromatic N) is 4. The molecule has 2 aromatic rings. The molecule has 50 valence electrons. The average molecular weight is 138 g/mol. The summed E-state index contributed by atoms with van der Waals surface area (Å²) >= 11 is 0. The van der Waals surface area contributed by atoms with Crippen LogP contribution in [-0.2, 0) is 0 Å². The van der Waals surface area contributed by atoms with Gasteiger partial charge in [-0.3, -0.25) is 0 Å². The van der Waals surface area contributed by atoms with E-state index in [-0.39, 0.29) is 0 Å². The first-order valence-corrected chi connectivity index (χ1v) is 2.68. The van der Waals surface area contributed by atoms with Crippen molar-refractivity contribution in [3.05, 3.63) is 24.7 Å².